The zero-order valence-corrected chi connectivity index (χ0v) is 13.5. The van der Waals surface area contributed by atoms with Crippen molar-refractivity contribution in [3.8, 4) is 11.1 Å². The van der Waals surface area contributed by atoms with E-state index in [4.69, 9.17) is 0 Å². The van der Waals surface area contributed by atoms with Crippen molar-refractivity contribution in [1.29, 1.82) is 0 Å². The van der Waals surface area contributed by atoms with Crippen molar-refractivity contribution in [2.75, 3.05) is 5.43 Å². The minimum absolute atomic E-state index is 0.979. The normalized spacial score (nSPS) is 10.9. The van der Waals surface area contributed by atoms with Gasteiger partial charge in [-0.15, -0.1) is 0 Å². The molecule has 3 aromatic carbocycles. The maximum absolute atomic E-state index is 4.36. The van der Waals surface area contributed by atoms with Gasteiger partial charge in [-0.25, -0.2) is 0 Å². The second-order valence-electron chi connectivity index (χ2n) is 5.62. The zero-order chi connectivity index (χ0) is 16.1. The number of anilines is 1. The Morgan fingerprint density at radius 2 is 1.52 bits per heavy atom. The summed E-state index contributed by atoms with van der Waals surface area (Å²) in [5, 5.41) is 4.36. The predicted octanol–water partition coefficient (Wildman–Crippen LogP) is 5.42. The number of hydrazone groups is 1. The predicted molar refractivity (Wildman–Crippen MR) is 99.0 cm³/mol. The number of nitrogens with one attached hydrogen (secondary N) is 1. The third kappa shape index (κ3) is 3.67. The summed E-state index contributed by atoms with van der Waals surface area (Å²) in [5.41, 5.74) is 10.2. The van der Waals surface area contributed by atoms with Gasteiger partial charge in [-0.3, -0.25) is 5.43 Å². The van der Waals surface area contributed by atoms with Crippen LogP contribution in [0.25, 0.3) is 11.1 Å². The highest BCUT2D eigenvalue weighted by molar-refractivity contribution is 5.90. The molecule has 0 aliphatic heterocycles. The van der Waals surface area contributed by atoms with E-state index in [-0.39, 0.29) is 0 Å². The van der Waals surface area contributed by atoms with Crippen LogP contribution in [0, 0.1) is 13.8 Å². The standard InChI is InChI=1S/C21H20N2/c1-16-12-13-18(14-17(16)2)21-11-7-6-8-19(21)15-22-23-20-9-4-3-5-10-20/h3-15,23H,1-2H3. The summed E-state index contributed by atoms with van der Waals surface area (Å²) >= 11 is 0. The maximum atomic E-state index is 4.36. The summed E-state index contributed by atoms with van der Waals surface area (Å²) in [6, 6.07) is 24.8. The number of hydrogen-bond acceptors (Lipinski definition) is 2. The Balaban J connectivity index is 1.87. The SMILES string of the molecule is Cc1ccc(-c2ccccc2C=NNc2ccccc2)cc1C. The molecular formula is C21H20N2. The lowest BCUT2D eigenvalue weighted by Gasteiger charge is -2.08. The van der Waals surface area contributed by atoms with E-state index >= 15 is 0 Å². The van der Waals surface area contributed by atoms with Gasteiger partial charge < -0.3 is 0 Å². The van der Waals surface area contributed by atoms with Crippen LogP contribution in [0.3, 0.4) is 0 Å². The van der Waals surface area contributed by atoms with Gasteiger partial charge in [0.05, 0.1) is 11.9 Å². The van der Waals surface area contributed by atoms with Gasteiger partial charge in [0, 0.05) is 5.56 Å². The quantitative estimate of drug-likeness (QED) is 0.505. The van der Waals surface area contributed by atoms with E-state index in [0.717, 1.165) is 11.3 Å². The fourth-order valence-electron chi connectivity index (χ4n) is 2.47. The van der Waals surface area contributed by atoms with E-state index in [1.807, 2.05) is 42.6 Å². The Kier molecular flexibility index (Phi) is 4.53. The Morgan fingerprint density at radius 1 is 0.783 bits per heavy atom. The van der Waals surface area contributed by atoms with Gasteiger partial charge in [-0.1, -0.05) is 60.7 Å². The second-order valence-corrected chi connectivity index (χ2v) is 5.62. The van der Waals surface area contributed by atoms with E-state index in [9.17, 15) is 0 Å². The number of hydrogen-bond donors (Lipinski definition) is 1. The lowest BCUT2D eigenvalue weighted by Crippen LogP contribution is -1.93. The molecule has 0 unspecified atom stereocenters. The van der Waals surface area contributed by atoms with Crippen LogP contribution >= 0.6 is 0 Å². The molecule has 0 aliphatic carbocycles. The summed E-state index contributed by atoms with van der Waals surface area (Å²) < 4.78 is 0. The molecule has 2 heteroatoms. The molecule has 0 saturated heterocycles. The van der Waals surface area contributed by atoms with Crippen molar-refractivity contribution in [2.45, 2.75) is 13.8 Å². The third-order valence-electron chi connectivity index (χ3n) is 3.95. The molecule has 0 amide bonds. The van der Waals surface area contributed by atoms with Gasteiger partial charge in [0.15, 0.2) is 0 Å². The van der Waals surface area contributed by atoms with Crippen LogP contribution in [-0.2, 0) is 0 Å². The van der Waals surface area contributed by atoms with E-state index < -0.39 is 0 Å². The van der Waals surface area contributed by atoms with Gasteiger partial charge in [-0.2, -0.15) is 5.10 Å². The molecule has 0 bridgehead atoms. The lowest BCUT2D eigenvalue weighted by atomic mass is 9.97. The summed E-state index contributed by atoms with van der Waals surface area (Å²) in [5.74, 6) is 0. The van der Waals surface area contributed by atoms with Crippen LogP contribution in [0.15, 0.2) is 77.9 Å². The Bertz CT molecular complexity index is 820. The molecule has 3 aromatic rings. The van der Waals surface area contributed by atoms with Gasteiger partial charge in [0.25, 0.3) is 0 Å². The highest BCUT2D eigenvalue weighted by Gasteiger charge is 2.04. The van der Waals surface area contributed by atoms with Crippen molar-refractivity contribution < 1.29 is 0 Å². The maximum Gasteiger partial charge on any atom is 0.0561 e. The van der Waals surface area contributed by atoms with Crippen LogP contribution in [0.5, 0.6) is 0 Å². The van der Waals surface area contributed by atoms with Crippen LogP contribution in [0.1, 0.15) is 16.7 Å². The monoisotopic (exact) mass is 300 g/mol. The molecular weight excluding hydrogens is 280 g/mol. The first-order valence-corrected chi connectivity index (χ1v) is 7.75. The average Bonchev–Trinajstić information content (AvgIpc) is 2.59. The fraction of sp³-hybridized carbons (Fsp3) is 0.0952. The van der Waals surface area contributed by atoms with Crippen molar-refractivity contribution in [3.05, 3.63) is 89.5 Å². The van der Waals surface area contributed by atoms with Crippen LogP contribution in [0.2, 0.25) is 0 Å². The van der Waals surface area contributed by atoms with Crippen molar-refractivity contribution in [3.63, 3.8) is 0 Å². The number of rotatable bonds is 4. The molecule has 2 nitrogen and oxygen atoms in total. The molecule has 23 heavy (non-hydrogen) atoms. The molecule has 0 heterocycles. The van der Waals surface area contributed by atoms with Gasteiger partial charge in [-0.05, 0) is 48.2 Å². The van der Waals surface area contributed by atoms with Crippen molar-refractivity contribution in [2.24, 2.45) is 5.10 Å². The smallest absolute Gasteiger partial charge is 0.0561 e. The molecule has 0 atom stereocenters. The Labute approximate surface area is 137 Å². The van der Waals surface area contributed by atoms with E-state index in [0.29, 0.717) is 0 Å². The Morgan fingerprint density at radius 3 is 2.30 bits per heavy atom. The second kappa shape index (κ2) is 6.93. The highest BCUT2D eigenvalue weighted by atomic mass is 15.3. The molecule has 0 aromatic heterocycles. The van der Waals surface area contributed by atoms with E-state index in [1.54, 1.807) is 0 Å². The van der Waals surface area contributed by atoms with Gasteiger partial charge >= 0.3 is 0 Å². The number of nitrogens with zero attached hydrogens (tertiary/aromatic N) is 1. The van der Waals surface area contributed by atoms with Crippen molar-refractivity contribution in [1.82, 2.24) is 0 Å². The van der Waals surface area contributed by atoms with Gasteiger partial charge in [0.1, 0.15) is 0 Å². The van der Waals surface area contributed by atoms with E-state index in [1.165, 1.54) is 22.3 Å². The third-order valence-corrected chi connectivity index (χ3v) is 3.95. The zero-order valence-electron chi connectivity index (χ0n) is 13.5. The van der Waals surface area contributed by atoms with Crippen molar-refractivity contribution >= 4 is 11.9 Å². The number of para-hydroxylation sites is 1. The molecule has 0 spiro atoms. The minimum atomic E-state index is 0.979. The molecule has 114 valence electrons. The summed E-state index contributed by atoms with van der Waals surface area (Å²) in [6.07, 6.45) is 1.87. The van der Waals surface area contributed by atoms with Gasteiger partial charge in [0.2, 0.25) is 0 Å². The number of benzene rings is 3. The summed E-state index contributed by atoms with van der Waals surface area (Å²) in [4.78, 5) is 0. The molecule has 0 aliphatic rings. The topological polar surface area (TPSA) is 24.4 Å². The first-order chi connectivity index (χ1) is 11.2. The summed E-state index contributed by atoms with van der Waals surface area (Å²) in [7, 11) is 0. The first kappa shape index (κ1) is 15.0. The van der Waals surface area contributed by atoms with Crippen LogP contribution in [-0.4, -0.2) is 6.21 Å². The molecule has 0 fully saturated rings. The average molecular weight is 300 g/mol. The fourth-order valence-corrected chi connectivity index (χ4v) is 2.47. The molecule has 0 radical (unpaired) electrons. The lowest BCUT2D eigenvalue weighted by molar-refractivity contribution is 1.34. The highest BCUT2D eigenvalue weighted by Crippen LogP contribution is 2.24. The Hall–Kier alpha value is -2.87. The van der Waals surface area contributed by atoms with Crippen LogP contribution in [0.4, 0.5) is 5.69 Å². The van der Waals surface area contributed by atoms with E-state index in [2.05, 4.69) is 60.8 Å². The molecule has 1 N–H and O–H groups in total. The number of aryl methyl sites for hydroxylation is 2. The largest absolute Gasteiger partial charge is 0.279 e. The summed E-state index contributed by atoms with van der Waals surface area (Å²) in [6.45, 7) is 4.28. The minimum Gasteiger partial charge on any atom is -0.279 e. The molecule has 0 saturated carbocycles. The first-order valence-electron chi connectivity index (χ1n) is 7.75. The molecule has 3 rings (SSSR count). The van der Waals surface area contributed by atoms with Crippen LogP contribution < -0.4 is 5.43 Å².